The summed E-state index contributed by atoms with van der Waals surface area (Å²) in [5.74, 6) is 1.18. The van der Waals surface area contributed by atoms with E-state index in [9.17, 15) is 9.59 Å². The molecule has 1 N–H and O–H groups in total. The Hall–Kier alpha value is -3.13. The third kappa shape index (κ3) is 5.82. The van der Waals surface area contributed by atoms with Gasteiger partial charge in [0, 0.05) is 62.3 Å². The first-order valence-electron chi connectivity index (χ1n) is 11.5. The molecular weight excluding hydrogens is 418 g/mol. The molecule has 1 unspecified atom stereocenters. The van der Waals surface area contributed by atoms with E-state index in [1.807, 2.05) is 48.2 Å². The minimum atomic E-state index is -0.101. The largest absolute Gasteiger partial charge is 0.481 e. The van der Waals surface area contributed by atoms with E-state index in [2.05, 4.69) is 14.9 Å². The Balaban J connectivity index is 1.56. The standard InChI is InChI=1S/C25H33N5O3/c1-28(2)11-4-5-24(31)29-12-9-21(17-29)30(16-18-6-7-18)22-13-20(15-27-25(22)32)19-8-10-26-23(14-19)33-3/h4-5,8,10,13-15,18,21H,6-7,9,11-12,16-17H2,1-3H3,(H,27,32)/b5-4+. The Morgan fingerprint density at radius 1 is 1.27 bits per heavy atom. The van der Waals surface area contributed by atoms with Crippen molar-refractivity contribution in [3.8, 4) is 17.0 Å². The minimum Gasteiger partial charge on any atom is -0.481 e. The lowest BCUT2D eigenvalue weighted by molar-refractivity contribution is -0.125. The number of nitrogens with zero attached hydrogens (tertiary/aromatic N) is 4. The van der Waals surface area contributed by atoms with Crippen LogP contribution in [0, 0.1) is 5.92 Å². The van der Waals surface area contributed by atoms with Gasteiger partial charge >= 0.3 is 0 Å². The molecule has 2 aromatic rings. The van der Waals surface area contributed by atoms with Gasteiger partial charge in [0.1, 0.15) is 5.69 Å². The molecule has 2 aliphatic rings. The number of carbonyl (C=O) groups excluding carboxylic acids is 1. The summed E-state index contributed by atoms with van der Waals surface area (Å²) in [6.07, 6.45) is 10.2. The molecule has 1 saturated carbocycles. The molecule has 1 amide bonds. The van der Waals surface area contributed by atoms with Gasteiger partial charge in [-0.3, -0.25) is 9.59 Å². The zero-order valence-corrected chi connectivity index (χ0v) is 19.7. The summed E-state index contributed by atoms with van der Waals surface area (Å²) in [5, 5.41) is 0. The summed E-state index contributed by atoms with van der Waals surface area (Å²) in [7, 11) is 5.54. The quantitative estimate of drug-likeness (QED) is 0.590. The number of likely N-dealkylation sites (N-methyl/N-ethyl adjacent to an activating group) is 1. The lowest BCUT2D eigenvalue weighted by Crippen LogP contribution is -2.42. The number of aromatic amines is 1. The van der Waals surface area contributed by atoms with E-state index in [4.69, 9.17) is 4.74 Å². The van der Waals surface area contributed by atoms with E-state index in [0.29, 0.717) is 30.6 Å². The fourth-order valence-electron chi connectivity index (χ4n) is 4.24. The summed E-state index contributed by atoms with van der Waals surface area (Å²) in [5.41, 5.74) is 2.40. The number of H-pyrrole nitrogens is 1. The highest BCUT2D eigenvalue weighted by molar-refractivity contribution is 5.88. The van der Waals surface area contributed by atoms with Crippen LogP contribution < -0.4 is 15.2 Å². The second kappa shape index (κ2) is 10.2. The van der Waals surface area contributed by atoms with Crippen LogP contribution in [-0.2, 0) is 4.79 Å². The highest BCUT2D eigenvalue weighted by atomic mass is 16.5. The van der Waals surface area contributed by atoms with E-state index in [0.717, 1.165) is 30.6 Å². The molecule has 3 heterocycles. The molecule has 1 aliphatic heterocycles. The molecule has 0 bridgehead atoms. The molecule has 176 valence electrons. The van der Waals surface area contributed by atoms with Crippen molar-refractivity contribution < 1.29 is 9.53 Å². The number of pyridine rings is 2. The number of hydrogen-bond donors (Lipinski definition) is 1. The summed E-state index contributed by atoms with van der Waals surface area (Å²) < 4.78 is 5.26. The highest BCUT2D eigenvalue weighted by Gasteiger charge is 2.34. The number of anilines is 1. The molecule has 0 aromatic carbocycles. The van der Waals surface area contributed by atoms with Crippen LogP contribution in [0.4, 0.5) is 5.69 Å². The smallest absolute Gasteiger partial charge is 0.271 e. The van der Waals surface area contributed by atoms with Crippen molar-refractivity contribution in [3.05, 3.63) is 53.1 Å². The molecule has 2 fully saturated rings. The molecule has 1 atom stereocenters. The zero-order chi connectivity index (χ0) is 23.4. The molecule has 8 heteroatoms. The van der Waals surface area contributed by atoms with E-state index in [1.54, 1.807) is 25.6 Å². The summed E-state index contributed by atoms with van der Waals surface area (Å²) >= 11 is 0. The second-order valence-electron chi connectivity index (χ2n) is 9.18. The van der Waals surface area contributed by atoms with Crippen LogP contribution >= 0.6 is 0 Å². The molecule has 8 nitrogen and oxygen atoms in total. The fourth-order valence-corrected chi connectivity index (χ4v) is 4.24. The van der Waals surface area contributed by atoms with Crippen LogP contribution in [0.1, 0.15) is 19.3 Å². The zero-order valence-electron chi connectivity index (χ0n) is 19.7. The Kier molecular flexibility index (Phi) is 7.13. The third-order valence-corrected chi connectivity index (χ3v) is 6.27. The number of amides is 1. The first kappa shape index (κ1) is 23.0. The van der Waals surface area contributed by atoms with Crippen molar-refractivity contribution in [2.45, 2.75) is 25.3 Å². The van der Waals surface area contributed by atoms with Crippen molar-refractivity contribution in [3.63, 3.8) is 0 Å². The van der Waals surface area contributed by atoms with Crippen molar-refractivity contribution in [1.82, 2.24) is 19.8 Å². The lowest BCUT2D eigenvalue weighted by atomic mass is 10.1. The number of nitrogens with one attached hydrogen (secondary N) is 1. The predicted octanol–water partition coefficient (Wildman–Crippen LogP) is 2.38. The van der Waals surface area contributed by atoms with Gasteiger partial charge in [-0.25, -0.2) is 4.98 Å². The van der Waals surface area contributed by atoms with Gasteiger partial charge in [-0.1, -0.05) is 6.08 Å². The number of aromatic nitrogens is 2. The Morgan fingerprint density at radius 2 is 2.09 bits per heavy atom. The number of rotatable bonds is 9. The molecule has 0 radical (unpaired) electrons. The first-order chi connectivity index (χ1) is 15.9. The van der Waals surface area contributed by atoms with Crippen LogP contribution in [0.25, 0.3) is 11.1 Å². The average molecular weight is 452 g/mol. The van der Waals surface area contributed by atoms with Crippen molar-refractivity contribution in [2.75, 3.05) is 52.3 Å². The van der Waals surface area contributed by atoms with Gasteiger partial charge in [-0.2, -0.15) is 0 Å². The summed E-state index contributed by atoms with van der Waals surface area (Å²) in [6, 6.07) is 5.84. The molecular formula is C25H33N5O3. The molecule has 33 heavy (non-hydrogen) atoms. The Morgan fingerprint density at radius 3 is 2.82 bits per heavy atom. The van der Waals surface area contributed by atoms with Gasteiger partial charge in [0.2, 0.25) is 11.8 Å². The maximum absolute atomic E-state index is 12.9. The van der Waals surface area contributed by atoms with Crippen LogP contribution in [-0.4, -0.2) is 79.1 Å². The Bertz CT molecular complexity index is 1060. The normalized spacial score (nSPS) is 18.3. The SMILES string of the molecule is COc1cc(-c2c[nH]c(=O)c(N(CC3CC3)C3CCN(C(=O)/C=C/CN(C)C)C3)c2)ccn1. The number of hydrogen-bond acceptors (Lipinski definition) is 6. The first-order valence-corrected chi connectivity index (χ1v) is 11.5. The molecule has 4 rings (SSSR count). The molecule has 1 saturated heterocycles. The van der Waals surface area contributed by atoms with Gasteiger partial charge < -0.3 is 24.4 Å². The number of carbonyl (C=O) groups is 1. The monoisotopic (exact) mass is 451 g/mol. The van der Waals surface area contributed by atoms with Crippen molar-refractivity contribution in [1.29, 1.82) is 0 Å². The van der Waals surface area contributed by atoms with Crippen LogP contribution in [0.5, 0.6) is 5.88 Å². The highest BCUT2D eigenvalue weighted by Crippen LogP contribution is 2.34. The van der Waals surface area contributed by atoms with Crippen LogP contribution in [0.3, 0.4) is 0 Å². The van der Waals surface area contributed by atoms with Crippen molar-refractivity contribution >= 4 is 11.6 Å². The molecule has 0 spiro atoms. The number of methoxy groups -OCH3 is 1. The number of likely N-dealkylation sites (tertiary alicyclic amines) is 1. The fraction of sp³-hybridized carbons (Fsp3) is 0.480. The predicted molar refractivity (Wildman–Crippen MR) is 130 cm³/mol. The van der Waals surface area contributed by atoms with Gasteiger partial charge in [0.25, 0.3) is 5.56 Å². The lowest BCUT2D eigenvalue weighted by Gasteiger charge is -2.31. The average Bonchev–Trinajstić information content (AvgIpc) is 3.50. The van der Waals surface area contributed by atoms with Gasteiger partial charge in [0.05, 0.1) is 7.11 Å². The summed E-state index contributed by atoms with van der Waals surface area (Å²) in [6.45, 7) is 2.91. The van der Waals surface area contributed by atoms with E-state index in [1.165, 1.54) is 12.8 Å². The maximum atomic E-state index is 12.9. The Labute approximate surface area is 194 Å². The van der Waals surface area contributed by atoms with E-state index >= 15 is 0 Å². The van der Waals surface area contributed by atoms with Crippen LogP contribution in [0.15, 0.2) is 47.5 Å². The third-order valence-electron chi connectivity index (χ3n) is 6.27. The van der Waals surface area contributed by atoms with E-state index < -0.39 is 0 Å². The minimum absolute atomic E-state index is 0.0391. The second-order valence-corrected chi connectivity index (χ2v) is 9.18. The van der Waals surface area contributed by atoms with Gasteiger partial charge in [-0.15, -0.1) is 0 Å². The van der Waals surface area contributed by atoms with E-state index in [-0.39, 0.29) is 17.5 Å². The molecule has 1 aliphatic carbocycles. The van der Waals surface area contributed by atoms with Crippen LogP contribution in [0.2, 0.25) is 0 Å². The van der Waals surface area contributed by atoms with Crippen molar-refractivity contribution in [2.24, 2.45) is 5.92 Å². The molecule has 2 aromatic heterocycles. The van der Waals surface area contributed by atoms with Gasteiger partial charge in [0.15, 0.2) is 0 Å². The number of ether oxygens (including phenoxy) is 1. The summed E-state index contributed by atoms with van der Waals surface area (Å²) in [4.78, 5) is 38.8. The van der Waals surface area contributed by atoms with Gasteiger partial charge in [-0.05, 0) is 57.0 Å². The topological polar surface area (TPSA) is 81.8 Å². The maximum Gasteiger partial charge on any atom is 0.271 e.